The molecule has 3 heteroatoms. The molecule has 2 rings (SSSR count). The predicted molar refractivity (Wildman–Crippen MR) is 75.3 cm³/mol. The van der Waals surface area contributed by atoms with Crippen LogP contribution >= 0.6 is 11.8 Å². The summed E-state index contributed by atoms with van der Waals surface area (Å²) in [5.74, 6) is 1.21. The van der Waals surface area contributed by atoms with Gasteiger partial charge in [0.05, 0.1) is 0 Å². The highest BCUT2D eigenvalue weighted by Gasteiger charge is 2.10. The fraction of sp³-hybridized carbons (Fsp3) is 0.571. The zero-order valence-corrected chi connectivity index (χ0v) is 11.2. The molecule has 2 N–H and O–H groups in total. The van der Waals surface area contributed by atoms with E-state index >= 15 is 0 Å². The quantitative estimate of drug-likeness (QED) is 0.622. The Labute approximate surface area is 109 Å². The summed E-state index contributed by atoms with van der Waals surface area (Å²) in [4.78, 5) is 3.94. The van der Waals surface area contributed by atoms with Crippen molar-refractivity contribution in [3.05, 3.63) is 29.8 Å². The molecule has 0 saturated carbocycles. The lowest BCUT2D eigenvalue weighted by atomic mass is 10.2. The van der Waals surface area contributed by atoms with E-state index in [2.05, 4.69) is 29.2 Å². The maximum Gasteiger partial charge on any atom is 0.0178 e. The van der Waals surface area contributed by atoms with Gasteiger partial charge < -0.3 is 10.6 Å². The SMILES string of the molecule is NCc1cccc(SCCCN2CCCC2)c1. The molecule has 1 heterocycles. The second-order valence-corrected chi connectivity index (χ2v) is 5.77. The molecule has 0 spiro atoms. The van der Waals surface area contributed by atoms with Gasteiger partial charge >= 0.3 is 0 Å². The van der Waals surface area contributed by atoms with Crippen molar-refractivity contribution in [3.63, 3.8) is 0 Å². The summed E-state index contributed by atoms with van der Waals surface area (Å²) in [5.41, 5.74) is 6.87. The van der Waals surface area contributed by atoms with Gasteiger partial charge in [-0.2, -0.15) is 0 Å². The summed E-state index contributed by atoms with van der Waals surface area (Å²) < 4.78 is 0. The number of hydrogen-bond acceptors (Lipinski definition) is 3. The van der Waals surface area contributed by atoms with Crippen LogP contribution in [0.1, 0.15) is 24.8 Å². The Morgan fingerprint density at radius 2 is 2.06 bits per heavy atom. The second-order valence-electron chi connectivity index (χ2n) is 4.60. The minimum Gasteiger partial charge on any atom is -0.326 e. The average molecular weight is 250 g/mol. The van der Waals surface area contributed by atoms with E-state index in [9.17, 15) is 0 Å². The van der Waals surface area contributed by atoms with Crippen molar-refractivity contribution in [1.29, 1.82) is 0 Å². The van der Waals surface area contributed by atoms with Gasteiger partial charge in [0.2, 0.25) is 0 Å². The van der Waals surface area contributed by atoms with Gasteiger partial charge in [-0.25, -0.2) is 0 Å². The molecule has 0 atom stereocenters. The van der Waals surface area contributed by atoms with Gasteiger partial charge in [-0.15, -0.1) is 11.8 Å². The number of nitrogens with two attached hydrogens (primary N) is 1. The Bertz CT molecular complexity index is 335. The fourth-order valence-electron chi connectivity index (χ4n) is 2.25. The first-order chi connectivity index (χ1) is 8.38. The van der Waals surface area contributed by atoms with Crippen LogP contribution in [0.2, 0.25) is 0 Å². The van der Waals surface area contributed by atoms with Crippen molar-refractivity contribution in [1.82, 2.24) is 4.90 Å². The molecule has 2 nitrogen and oxygen atoms in total. The Hall–Kier alpha value is -0.510. The summed E-state index contributed by atoms with van der Waals surface area (Å²) in [7, 11) is 0. The standard InChI is InChI=1S/C14H22N2S/c15-12-13-5-3-6-14(11-13)17-10-4-9-16-7-1-2-8-16/h3,5-6,11H,1-2,4,7-10,12,15H2. The normalized spacial score (nSPS) is 16.5. The molecule has 0 unspecified atom stereocenters. The highest BCUT2D eigenvalue weighted by Crippen LogP contribution is 2.20. The number of rotatable bonds is 6. The zero-order chi connectivity index (χ0) is 11.9. The van der Waals surface area contributed by atoms with Crippen LogP contribution in [0.15, 0.2) is 29.2 Å². The highest BCUT2D eigenvalue weighted by molar-refractivity contribution is 7.99. The molecule has 1 fully saturated rings. The van der Waals surface area contributed by atoms with Gasteiger partial charge in [0.15, 0.2) is 0 Å². The van der Waals surface area contributed by atoms with E-state index < -0.39 is 0 Å². The van der Waals surface area contributed by atoms with E-state index in [-0.39, 0.29) is 0 Å². The number of benzene rings is 1. The molecule has 0 amide bonds. The summed E-state index contributed by atoms with van der Waals surface area (Å²) in [5, 5.41) is 0. The van der Waals surface area contributed by atoms with Gasteiger partial charge in [0, 0.05) is 11.4 Å². The number of thioether (sulfide) groups is 1. The number of likely N-dealkylation sites (tertiary alicyclic amines) is 1. The van der Waals surface area contributed by atoms with Gasteiger partial charge in [-0.3, -0.25) is 0 Å². The largest absolute Gasteiger partial charge is 0.326 e. The molecule has 1 aromatic rings. The van der Waals surface area contributed by atoms with Crippen molar-refractivity contribution < 1.29 is 0 Å². The topological polar surface area (TPSA) is 29.3 Å². The van der Waals surface area contributed by atoms with Crippen molar-refractivity contribution in [2.24, 2.45) is 5.73 Å². The van der Waals surface area contributed by atoms with E-state index in [1.54, 1.807) is 0 Å². The molecule has 0 aromatic heterocycles. The van der Waals surface area contributed by atoms with E-state index in [1.807, 2.05) is 11.8 Å². The molecule has 0 radical (unpaired) electrons. The van der Waals surface area contributed by atoms with Crippen LogP contribution in [-0.4, -0.2) is 30.3 Å². The third-order valence-corrected chi connectivity index (χ3v) is 4.30. The Kier molecular flexibility index (Phi) is 5.36. The maximum absolute atomic E-state index is 5.64. The van der Waals surface area contributed by atoms with E-state index in [0.29, 0.717) is 6.54 Å². The molecular formula is C14H22N2S. The van der Waals surface area contributed by atoms with Crippen LogP contribution in [-0.2, 0) is 6.54 Å². The van der Waals surface area contributed by atoms with Gasteiger partial charge in [0.1, 0.15) is 0 Å². The molecule has 0 aliphatic carbocycles. The maximum atomic E-state index is 5.64. The highest BCUT2D eigenvalue weighted by atomic mass is 32.2. The van der Waals surface area contributed by atoms with Crippen molar-refractivity contribution in [2.45, 2.75) is 30.7 Å². The Morgan fingerprint density at radius 1 is 1.24 bits per heavy atom. The summed E-state index contributed by atoms with van der Waals surface area (Å²) in [6.45, 7) is 4.53. The number of nitrogens with zero attached hydrogens (tertiary/aromatic N) is 1. The predicted octanol–water partition coefficient (Wildman–Crippen LogP) is 2.72. The Morgan fingerprint density at radius 3 is 2.82 bits per heavy atom. The van der Waals surface area contributed by atoms with E-state index in [0.717, 1.165) is 0 Å². The summed E-state index contributed by atoms with van der Waals surface area (Å²) in [6.07, 6.45) is 4.08. The lowest BCUT2D eigenvalue weighted by molar-refractivity contribution is 0.341. The van der Waals surface area contributed by atoms with Crippen molar-refractivity contribution in [3.8, 4) is 0 Å². The first-order valence-corrected chi connectivity index (χ1v) is 7.51. The monoisotopic (exact) mass is 250 g/mol. The summed E-state index contributed by atoms with van der Waals surface area (Å²) >= 11 is 1.95. The molecular weight excluding hydrogens is 228 g/mol. The van der Waals surface area contributed by atoms with Gasteiger partial charge in [-0.1, -0.05) is 12.1 Å². The summed E-state index contributed by atoms with van der Waals surface area (Å²) in [6, 6.07) is 8.58. The first kappa shape index (κ1) is 12.9. The third kappa shape index (κ3) is 4.34. The Balaban J connectivity index is 1.66. The minimum atomic E-state index is 0.641. The lowest BCUT2D eigenvalue weighted by Crippen LogP contribution is -2.20. The third-order valence-electron chi connectivity index (χ3n) is 3.22. The van der Waals surface area contributed by atoms with Crippen LogP contribution in [0.4, 0.5) is 0 Å². The molecule has 17 heavy (non-hydrogen) atoms. The zero-order valence-electron chi connectivity index (χ0n) is 10.4. The minimum absolute atomic E-state index is 0.641. The van der Waals surface area contributed by atoms with Crippen LogP contribution in [0.5, 0.6) is 0 Å². The van der Waals surface area contributed by atoms with Gasteiger partial charge in [-0.05, 0) is 62.3 Å². The molecule has 94 valence electrons. The van der Waals surface area contributed by atoms with Crippen LogP contribution in [0.3, 0.4) is 0 Å². The molecule has 0 bridgehead atoms. The molecule has 1 aliphatic heterocycles. The average Bonchev–Trinajstić information content (AvgIpc) is 2.88. The van der Waals surface area contributed by atoms with Crippen molar-refractivity contribution >= 4 is 11.8 Å². The molecule has 1 aliphatic rings. The van der Waals surface area contributed by atoms with E-state index in [1.165, 1.54) is 55.1 Å². The fourth-order valence-corrected chi connectivity index (χ4v) is 3.17. The molecule has 1 aromatic carbocycles. The first-order valence-electron chi connectivity index (χ1n) is 6.52. The van der Waals surface area contributed by atoms with Crippen LogP contribution < -0.4 is 5.73 Å². The van der Waals surface area contributed by atoms with E-state index in [4.69, 9.17) is 5.73 Å². The van der Waals surface area contributed by atoms with Crippen LogP contribution in [0.25, 0.3) is 0 Å². The van der Waals surface area contributed by atoms with Gasteiger partial charge in [0.25, 0.3) is 0 Å². The number of hydrogen-bond donors (Lipinski definition) is 1. The smallest absolute Gasteiger partial charge is 0.0178 e. The van der Waals surface area contributed by atoms with Crippen LogP contribution in [0, 0.1) is 0 Å². The lowest BCUT2D eigenvalue weighted by Gasteiger charge is -2.13. The second kappa shape index (κ2) is 7.04. The van der Waals surface area contributed by atoms with Crippen molar-refractivity contribution in [2.75, 3.05) is 25.4 Å². The molecule has 1 saturated heterocycles.